The van der Waals surface area contributed by atoms with Crippen LogP contribution in [-0.4, -0.2) is 30.6 Å². The summed E-state index contributed by atoms with van der Waals surface area (Å²) in [5, 5.41) is 3.44. The molecule has 1 heterocycles. The van der Waals surface area contributed by atoms with E-state index in [4.69, 9.17) is 4.42 Å². The van der Waals surface area contributed by atoms with Crippen LogP contribution in [0.2, 0.25) is 0 Å². The van der Waals surface area contributed by atoms with Crippen LogP contribution in [0.1, 0.15) is 26.3 Å². The number of rotatable bonds is 7. The molecule has 0 saturated carbocycles. The second-order valence-electron chi connectivity index (χ2n) is 3.83. The molecule has 0 aromatic carbocycles. The minimum absolute atomic E-state index is 0. The highest BCUT2D eigenvalue weighted by Gasteiger charge is 2.08. The summed E-state index contributed by atoms with van der Waals surface area (Å²) in [7, 11) is 0. The molecule has 0 amide bonds. The van der Waals surface area contributed by atoms with Crippen molar-refractivity contribution < 1.29 is 4.42 Å². The average Bonchev–Trinajstić information content (AvgIpc) is 2.72. The minimum Gasteiger partial charge on any atom is -0.472 e. The van der Waals surface area contributed by atoms with E-state index in [0.717, 1.165) is 26.2 Å². The number of halogens is 1. The SMILES string of the molecule is CCN(CC)C(C)CNCc1ccoc1.Cl. The number of likely N-dealkylation sites (N-methyl/N-ethyl adjacent to an activating group) is 1. The molecule has 94 valence electrons. The average molecular weight is 247 g/mol. The second kappa shape index (κ2) is 8.62. The van der Waals surface area contributed by atoms with Gasteiger partial charge >= 0.3 is 0 Å². The zero-order chi connectivity index (χ0) is 11.1. The lowest BCUT2D eigenvalue weighted by molar-refractivity contribution is 0.225. The van der Waals surface area contributed by atoms with E-state index in [1.54, 1.807) is 12.5 Å². The third-order valence-electron chi connectivity index (χ3n) is 2.78. The minimum atomic E-state index is 0. The molecule has 0 bridgehead atoms. The number of nitrogens with one attached hydrogen (secondary N) is 1. The normalized spacial score (nSPS) is 12.5. The van der Waals surface area contributed by atoms with E-state index < -0.39 is 0 Å². The molecule has 4 heteroatoms. The second-order valence-corrected chi connectivity index (χ2v) is 3.83. The van der Waals surface area contributed by atoms with Crippen LogP contribution in [0.5, 0.6) is 0 Å². The third-order valence-corrected chi connectivity index (χ3v) is 2.78. The van der Waals surface area contributed by atoms with Gasteiger partial charge in [-0.15, -0.1) is 12.4 Å². The number of hydrogen-bond donors (Lipinski definition) is 1. The van der Waals surface area contributed by atoms with Crippen LogP contribution in [-0.2, 0) is 6.54 Å². The maximum atomic E-state index is 5.01. The van der Waals surface area contributed by atoms with E-state index in [9.17, 15) is 0 Å². The fourth-order valence-corrected chi connectivity index (χ4v) is 1.79. The fraction of sp³-hybridized carbons (Fsp3) is 0.667. The van der Waals surface area contributed by atoms with E-state index in [1.165, 1.54) is 5.56 Å². The summed E-state index contributed by atoms with van der Waals surface area (Å²) in [5.74, 6) is 0. The lowest BCUT2D eigenvalue weighted by Gasteiger charge is -2.26. The molecular formula is C12H23ClN2O. The number of nitrogens with zero attached hydrogens (tertiary/aromatic N) is 1. The standard InChI is InChI=1S/C12H22N2O.ClH/c1-4-14(5-2)11(3)8-13-9-12-6-7-15-10-12;/h6-7,10-11,13H,4-5,8-9H2,1-3H3;1H. The van der Waals surface area contributed by atoms with Gasteiger partial charge in [0.05, 0.1) is 12.5 Å². The van der Waals surface area contributed by atoms with Crippen molar-refractivity contribution in [1.29, 1.82) is 0 Å². The van der Waals surface area contributed by atoms with E-state index in [1.807, 2.05) is 6.07 Å². The first kappa shape index (κ1) is 15.5. The van der Waals surface area contributed by atoms with Crippen LogP contribution < -0.4 is 5.32 Å². The number of furan rings is 1. The summed E-state index contributed by atoms with van der Waals surface area (Å²) in [6.07, 6.45) is 3.50. The van der Waals surface area contributed by atoms with Crippen LogP contribution in [0, 0.1) is 0 Å². The van der Waals surface area contributed by atoms with Crippen molar-refractivity contribution in [2.45, 2.75) is 33.4 Å². The van der Waals surface area contributed by atoms with Gasteiger partial charge in [0.15, 0.2) is 0 Å². The Morgan fingerprint density at radius 2 is 2.06 bits per heavy atom. The van der Waals surface area contributed by atoms with E-state index in [0.29, 0.717) is 6.04 Å². The van der Waals surface area contributed by atoms with Crippen molar-refractivity contribution in [2.24, 2.45) is 0 Å². The Morgan fingerprint density at radius 3 is 2.56 bits per heavy atom. The van der Waals surface area contributed by atoms with Crippen molar-refractivity contribution in [3.05, 3.63) is 24.2 Å². The lowest BCUT2D eigenvalue weighted by Crippen LogP contribution is -2.39. The smallest absolute Gasteiger partial charge is 0.0947 e. The van der Waals surface area contributed by atoms with Crippen LogP contribution in [0.25, 0.3) is 0 Å². The first-order valence-electron chi connectivity index (χ1n) is 5.73. The summed E-state index contributed by atoms with van der Waals surface area (Å²) in [4.78, 5) is 2.45. The summed E-state index contributed by atoms with van der Waals surface area (Å²) in [6.45, 7) is 10.8. The molecule has 16 heavy (non-hydrogen) atoms. The fourth-order valence-electron chi connectivity index (χ4n) is 1.79. The molecule has 0 aliphatic carbocycles. The zero-order valence-corrected chi connectivity index (χ0v) is 11.2. The summed E-state index contributed by atoms with van der Waals surface area (Å²) in [5.41, 5.74) is 1.21. The van der Waals surface area contributed by atoms with Gasteiger partial charge in [-0.3, -0.25) is 4.90 Å². The van der Waals surface area contributed by atoms with Gasteiger partial charge < -0.3 is 9.73 Å². The molecular weight excluding hydrogens is 224 g/mol. The van der Waals surface area contributed by atoms with Gasteiger partial charge in [0, 0.05) is 24.7 Å². The van der Waals surface area contributed by atoms with E-state index >= 15 is 0 Å². The molecule has 1 N–H and O–H groups in total. The Labute approximate surface area is 105 Å². The highest BCUT2D eigenvalue weighted by molar-refractivity contribution is 5.85. The Balaban J connectivity index is 0.00000225. The molecule has 1 aromatic heterocycles. The molecule has 1 unspecified atom stereocenters. The number of hydrogen-bond acceptors (Lipinski definition) is 3. The Morgan fingerprint density at radius 1 is 1.38 bits per heavy atom. The van der Waals surface area contributed by atoms with Gasteiger partial charge in [-0.1, -0.05) is 13.8 Å². The van der Waals surface area contributed by atoms with Gasteiger partial charge in [-0.05, 0) is 26.1 Å². The molecule has 1 rings (SSSR count). The highest BCUT2D eigenvalue weighted by Crippen LogP contribution is 2.00. The monoisotopic (exact) mass is 246 g/mol. The quantitative estimate of drug-likeness (QED) is 0.802. The Hall–Kier alpha value is -0.510. The van der Waals surface area contributed by atoms with E-state index in [-0.39, 0.29) is 12.4 Å². The van der Waals surface area contributed by atoms with Crippen LogP contribution in [0.4, 0.5) is 0 Å². The van der Waals surface area contributed by atoms with Gasteiger partial charge in [-0.25, -0.2) is 0 Å². The van der Waals surface area contributed by atoms with Crippen LogP contribution in [0.3, 0.4) is 0 Å². The van der Waals surface area contributed by atoms with Crippen molar-refractivity contribution in [2.75, 3.05) is 19.6 Å². The molecule has 0 saturated heterocycles. The Bertz CT molecular complexity index is 248. The largest absolute Gasteiger partial charge is 0.472 e. The summed E-state index contributed by atoms with van der Waals surface area (Å²) >= 11 is 0. The predicted octanol–water partition coefficient (Wildman–Crippen LogP) is 2.52. The molecule has 0 fully saturated rings. The predicted molar refractivity (Wildman–Crippen MR) is 70.0 cm³/mol. The van der Waals surface area contributed by atoms with Crippen LogP contribution >= 0.6 is 12.4 Å². The maximum absolute atomic E-state index is 5.01. The molecule has 0 aliphatic rings. The van der Waals surface area contributed by atoms with Gasteiger partial charge in [-0.2, -0.15) is 0 Å². The van der Waals surface area contributed by atoms with Gasteiger partial charge in [0.1, 0.15) is 0 Å². The molecule has 0 spiro atoms. The molecule has 0 radical (unpaired) electrons. The summed E-state index contributed by atoms with van der Waals surface area (Å²) in [6, 6.07) is 2.58. The van der Waals surface area contributed by atoms with Gasteiger partial charge in [0.25, 0.3) is 0 Å². The molecule has 3 nitrogen and oxygen atoms in total. The Kier molecular flexibility index (Phi) is 8.35. The van der Waals surface area contributed by atoms with E-state index in [2.05, 4.69) is 31.0 Å². The molecule has 1 atom stereocenters. The maximum Gasteiger partial charge on any atom is 0.0947 e. The van der Waals surface area contributed by atoms with Crippen molar-refractivity contribution >= 4 is 12.4 Å². The van der Waals surface area contributed by atoms with Crippen molar-refractivity contribution in [3.63, 3.8) is 0 Å². The van der Waals surface area contributed by atoms with Crippen molar-refractivity contribution in [1.82, 2.24) is 10.2 Å². The first-order valence-corrected chi connectivity index (χ1v) is 5.73. The molecule has 1 aromatic rings. The van der Waals surface area contributed by atoms with Gasteiger partial charge in [0.2, 0.25) is 0 Å². The van der Waals surface area contributed by atoms with Crippen molar-refractivity contribution in [3.8, 4) is 0 Å². The highest BCUT2D eigenvalue weighted by atomic mass is 35.5. The van der Waals surface area contributed by atoms with Crippen LogP contribution in [0.15, 0.2) is 23.0 Å². The molecule has 0 aliphatic heterocycles. The zero-order valence-electron chi connectivity index (χ0n) is 10.4. The topological polar surface area (TPSA) is 28.4 Å². The first-order chi connectivity index (χ1) is 7.27. The lowest BCUT2D eigenvalue weighted by atomic mass is 10.2. The summed E-state index contributed by atoms with van der Waals surface area (Å²) < 4.78 is 5.01. The third kappa shape index (κ3) is 5.01.